The number of nitrogens with one attached hydrogen (secondary N) is 1. The molecule has 7 nitrogen and oxygen atoms in total. The fraction of sp³-hybridized carbons (Fsp3) is 0.364. The molecule has 3 aromatic rings. The van der Waals surface area contributed by atoms with Crippen LogP contribution in [0.2, 0.25) is 0 Å². The van der Waals surface area contributed by atoms with Crippen molar-refractivity contribution in [2.24, 2.45) is 0 Å². The van der Waals surface area contributed by atoms with Crippen LogP contribution in [-0.4, -0.2) is 33.0 Å². The Bertz CT molecular complexity index is 1030. The van der Waals surface area contributed by atoms with Crippen molar-refractivity contribution < 1.29 is 14.0 Å². The average molecular weight is 425 g/mol. The molecular weight excluding hydrogens is 400 g/mol. The number of carbonyl (C=O) groups excluding carboxylic acids is 2. The first kappa shape index (κ1) is 20.3. The highest BCUT2D eigenvalue weighted by atomic mass is 32.1. The van der Waals surface area contributed by atoms with E-state index in [1.165, 1.54) is 17.6 Å². The van der Waals surface area contributed by atoms with Crippen LogP contribution in [0, 0.1) is 0 Å². The van der Waals surface area contributed by atoms with E-state index in [0.29, 0.717) is 24.0 Å². The van der Waals surface area contributed by atoms with Crippen LogP contribution in [0.3, 0.4) is 0 Å². The van der Waals surface area contributed by atoms with Gasteiger partial charge in [0.05, 0.1) is 6.26 Å². The number of aromatic nitrogens is 2. The largest absolute Gasteiger partial charge is 0.459 e. The first-order valence-electron chi connectivity index (χ1n) is 10.2. The van der Waals surface area contributed by atoms with Gasteiger partial charge >= 0.3 is 0 Å². The minimum absolute atomic E-state index is 0.221. The lowest BCUT2D eigenvalue weighted by Gasteiger charge is -2.35. The number of carbonyl (C=O) groups is 2. The summed E-state index contributed by atoms with van der Waals surface area (Å²) in [5.41, 5.74) is 2.10. The summed E-state index contributed by atoms with van der Waals surface area (Å²) >= 11 is 1.40. The smallest absolute Gasteiger partial charge is 0.290 e. The van der Waals surface area contributed by atoms with Gasteiger partial charge in [0.25, 0.3) is 5.91 Å². The van der Waals surface area contributed by atoms with Gasteiger partial charge in [-0.3, -0.25) is 14.9 Å². The Balaban J connectivity index is 1.58. The van der Waals surface area contributed by atoms with E-state index in [1.54, 1.807) is 17.0 Å². The Morgan fingerprint density at radius 2 is 1.93 bits per heavy atom. The summed E-state index contributed by atoms with van der Waals surface area (Å²) < 4.78 is 5.29. The molecule has 2 aromatic heterocycles. The van der Waals surface area contributed by atoms with E-state index in [4.69, 9.17) is 4.42 Å². The maximum atomic E-state index is 13.2. The van der Waals surface area contributed by atoms with Crippen molar-refractivity contribution >= 4 is 28.3 Å². The Morgan fingerprint density at radius 1 is 1.17 bits per heavy atom. The zero-order chi connectivity index (χ0) is 21.1. The summed E-state index contributed by atoms with van der Waals surface area (Å²) in [5.74, 6) is -0.00727. The van der Waals surface area contributed by atoms with E-state index in [0.717, 1.165) is 29.0 Å². The normalized spacial score (nSPS) is 15.8. The second-order valence-electron chi connectivity index (χ2n) is 7.35. The van der Waals surface area contributed by atoms with Crippen molar-refractivity contribution in [2.75, 3.05) is 5.32 Å². The number of fused-ring (bicyclic) bond motifs is 1. The van der Waals surface area contributed by atoms with E-state index >= 15 is 0 Å². The van der Waals surface area contributed by atoms with Crippen molar-refractivity contribution in [2.45, 2.75) is 51.6 Å². The molecular formula is C22H24N4O3S. The highest BCUT2D eigenvalue weighted by molar-refractivity contribution is 7.15. The molecule has 0 unspecified atom stereocenters. The molecule has 0 spiro atoms. The molecule has 8 heteroatoms. The molecule has 0 bridgehead atoms. The van der Waals surface area contributed by atoms with Crippen molar-refractivity contribution in [3.05, 3.63) is 64.6 Å². The van der Waals surface area contributed by atoms with Gasteiger partial charge in [0.1, 0.15) is 11.0 Å². The van der Waals surface area contributed by atoms with Crippen molar-refractivity contribution in [1.82, 2.24) is 15.1 Å². The van der Waals surface area contributed by atoms with Crippen LogP contribution in [-0.2, 0) is 17.8 Å². The van der Waals surface area contributed by atoms with Crippen molar-refractivity contribution in [3.8, 4) is 0 Å². The highest BCUT2D eigenvalue weighted by Crippen LogP contribution is 2.30. The van der Waals surface area contributed by atoms with Crippen LogP contribution >= 0.6 is 11.3 Å². The topological polar surface area (TPSA) is 88.3 Å². The maximum Gasteiger partial charge on any atom is 0.290 e. The van der Waals surface area contributed by atoms with Gasteiger partial charge in [-0.15, -0.1) is 10.2 Å². The third-order valence-electron chi connectivity index (χ3n) is 5.55. The lowest BCUT2D eigenvalue weighted by Crippen LogP contribution is -2.50. The van der Waals surface area contributed by atoms with Crippen LogP contribution in [0.5, 0.6) is 0 Å². The van der Waals surface area contributed by atoms with E-state index < -0.39 is 6.04 Å². The Kier molecular flexibility index (Phi) is 5.94. The first-order valence-corrected chi connectivity index (χ1v) is 11.0. The minimum Gasteiger partial charge on any atom is -0.459 e. The van der Waals surface area contributed by atoms with Gasteiger partial charge in [-0.05, 0) is 36.1 Å². The SMILES string of the molecule is CCC(CC)c1nnc(NC(=O)[C@H]2Cc3ccccc3CN2C(=O)c2ccco2)s1. The van der Waals surface area contributed by atoms with Crippen LogP contribution in [0.15, 0.2) is 47.1 Å². The number of rotatable bonds is 6. The number of nitrogens with zero attached hydrogens (tertiary/aromatic N) is 3. The number of amides is 2. The number of hydrogen-bond donors (Lipinski definition) is 1. The van der Waals surface area contributed by atoms with Crippen LogP contribution in [0.4, 0.5) is 5.13 Å². The molecule has 4 rings (SSSR count). The van der Waals surface area contributed by atoms with Gasteiger partial charge in [0.15, 0.2) is 5.76 Å². The van der Waals surface area contributed by atoms with Gasteiger partial charge in [-0.25, -0.2) is 0 Å². The fourth-order valence-electron chi connectivity index (χ4n) is 3.79. The molecule has 3 heterocycles. The average Bonchev–Trinajstić information content (AvgIpc) is 3.46. The maximum absolute atomic E-state index is 13.2. The van der Waals surface area contributed by atoms with E-state index in [2.05, 4.69) is 29.4 Å². The second-order valence-corrected chi connectivity index (χ2v) is 8.36. The van der Waals surface area contributed by atoms with Crippen molar-refractivity contribution in [1.29, 1.82) is 0 Å². The zero-order valence-corrected chi connectivity index (χ0v) is 17.8. The fourth-order valence-corrected chi connectivity index (χ4v) is 4.80. The van der Waals surface area contributed by atoms with Gasteiger partial charge in [-0.2, -0.15) is 0 Å². The van der Waals surface area contributed by atoms with Gasteiger partial charge in [-0.1, -0.05) is 49.4 Å². The molecule has 1 aliphatic heterocycles. The Morgan fingerprint density at radius 3 is 2.63 bits per heavy atom. The van der Waals surface area contributed by atoms with Crippen LogP contribution in [0.1, 0.15) is 59.3 Å². The summed E-state index contributed by atoms with van der Waals surface area (Å²) in [5, 5.41) is 12.7. The third kappa shape index (κ3) is 4.00. The van der Waals surface area contributed by atoms with E-state index in [1.807, 2.05) is 24.3 Å². The molecule has 0 saturated heterocycles. The van der Waals surface area contributed by atoms with Gasteiger partial charge < -0.3 is 9.32 Å². The molecule has 156 valence electrons. The number of furan rings is 1. The Labute approximate surface area is 179 Å². The van der Waals surface area contributed by atoms with E-state index in [9.17, 15) is 9.59 Å². The molecule has 0 aliphatic carbocycles. The molecule has 0 radical (unpaired) electrons. The summed E-state index contributed by atoms with van der Waals surface area (Å²) in [6.45, 7) is 4.58. The molecule has 1 aliphatic rings. The molecule has 1 atom stereocenters. The Hall–Kier alpha value is -3.00. The number of hydrogen-bond acceptors (Lipinski definition) is 6. The molecule has 0 saturated carbocycles. The van der Waals surface area contributed by atoms with Gasteiger partial charge in [0, 0.05) is 18.9 Å². The number of anilines is 1. The molecule has 30 heavy (non-hydrogen) atoms. The van der Waals surface area contributed by atoms with Crippen LogP contribution in [0.25, 0.3) is 0 Å². The molecule has 2 amide bonds. The molecule has 0 fully saturated rings. The zero-order valence-electron chi connectivity index (χ0n) is 17.0. The lowest BCUT2D eigenvalue weighted by molar-refractivity contribution is -0.121. The van der Waals surface area contributed by atoms with E-state index in [-0.39, 0.29) is 17.6 Å². The van der Waals surface area contributed by atoms with Crippen molar-refractivity contribution in [3.63, 3.8) is 0 Å². The first-order chi connectivity index (χ1) is 14.6. The molecule has 1 aromatic carbocycles. The quantitative estimate of drug-likeness (QED) is 0.639. The molecule has 1 N–H and O–H groups in total. The standard InChI is InChI=1S/C22H24N4O3S/c1-3-14(4-2)20-24-25-22(30-20)23-19(27)17-12-15-8-5-6-9-16(15)13-26(17)21(28)18-10-7-11-29-18/h5-11,14,17H,3-4,12-13H2,1-2H3,(H,23,25,27)/t17-/m1/s1. The predicted octanol–water partition coefficient (Wildman–Crippen LogP) is 4.24. The summed E-state index contributed by atoms with van der Waals surface area (Å²) in [7, 11) is 0. The van der Waals surface area contributed by atoms with Crippen LogP contribution < -0.4 is 5.32 Å². The predicted molar refractivity (Wildman–Crippen MR) is 114 cm³/mol. The highest BCUT2D eigenvalue weighted by Gasteiger charge is 2.36. The van der Waals surface area contributed by atoms with Gasteiger partial charge in [0.2, 0.25) is 11.0 Å². The third-order valence-corrected chi connectivity index (χ3v) is 6.55. The monoisotopic (exact) mass is 424 g/mol. The summed E-state index contributed by atoms with van der Waals surface area (Å²) in [6.07, 6.45) is 3.85. The summed E-state index contributed by atoms with van der Waals surface area (Å²) in [4.78, 5) is 27.8. The summed E-state index contributed by atoms with van der Waals surface area (Å²) in [6, 6.07) is 10.5. The minimum atomic E-state index is -0.655. The second kappa shape index (κ2) is 8.79. The number of benzene rings is 1. The lowest BCUT2D eigenvalue weighted by atomic mass is 9.93.